The van der Waals surface area contributed by atoms with Crippen LogP contribution in [0.4, 0.5) is 0 Å². The molecule has 0 aliphatic heterocycles. The van der Waals surface area contributed by atoms with Gasteiger partial charge in [-0.1, -0.05) is 0 Å². The van der Waals surface area contributed by atoms with Gasteiger partial charge in [0.05, 0.1) is 0 Å². The maximum absolute atomic E-state index is 2.54. The predicted molar refractivity (Wildman–Crippen MR) is 175 cm³/mol. The summed E-state index contributed by atoms with van der Waals surface area (Å²) in [6, 6.07) is 48.0. The Morgan fingerprint density at radius 3 is 0.872 bits per heavy atom. The van der Waals surface area contributed by atoms with Gasteiger partial charge in [-0.25, -0.2) is 0 Å². The van der Waals surface area contributed by atoms with E-state index in [2.05, 4.69) is 121 Å². The fourth-order valence-corrected chi connectivity index (χ4v) is 47.3. The van der Waals surface area contributed by atoms with Crippen molar-refractivity contribution in [2.45, 2.75) is 75.5 Å². The Hall–Kier alpha value is -1.60. The van der Waals surface area contributed by atoms with Crippen molar-refractivity contribution in [3.8, 4) is 0 Å². The minimum absolute atomic E-state index is 0.688. The first-order valence-corrected chi connectivity index (χ1v) is 23.6. The molecule has 4 aromatic rings. The van der Waals surface area contributed by atoms with Gasteiger partial charge >= 0.3 is 246 Å². The summed E-state index contributed by atoms with van der Waals surface area (Å²) in [7, 11) is 0. The van der Waals surface area contributed by atoms with Crippen LogP contribution in [0.5, 0.6) is 0 Å². The average Bonchev–Trinajstić information content (AvgIpc) is 3.04. The molecule has 6 rings (SSSR count). The van der Waals surface area contributed by atoms with Crippen LogP contribution < -0.4 is 21.2 Å². The van der Waals surface area contributed by atoms with Crippen molar-refractivity contribution in [3.63, 3.8) is 0 Å². The fraction of sp³-hybridized carbons (Fsp3) is 0.333. The summed E-state index contributed by atoms with van der Waals surface area (Å²) < 4.78 is 0. The molecule has 3 heteroatoms. The van der Waals surface area contributed by atoms with Crippen LogP contribution in [-0.2, 0) is 17.0 Å². The molecule has 4 aromatic carbocycles. The molecule has 0 spiro atoms. The molecule has 2 fully saturated rings. The monoisotopic (exact) mass is 644 g/mol. The van der Waals surface area contributed by atoms with Gasteiger partial charge in [-0.2, -0.15) is 0 Å². The van der Waals surface area contributed by atoms with Gasteiger partial charge < -0.3 is 0 Å². The Kier molecular flexibility index (Phi) is 9.14. The molecule has 0 nitrogen and oxygen atoms in total. The summed E-state index contributed by atoms with van der Waals surface area (Å²) in [5, 5.41) is 6.82. The van der Waals surface area contributed by atoms with E-state index >= 15 is 0 Å². The van der Waals surface area contributed by atoms with E-state index in [0.717, 1.165) is 11.3 Å². The molecular weight excluding hydrogens is 601 g/mol. The van der Waals surface area contributed by atoms with Gasteiger partial charge in [0.2, 0.25) is 0 Å². The van der Waals surface area contributed by atoms with E-state index in [4.69, 9.17) is 0 Å². The summed E-state index contributed by atoms with van der Waals surface area (Å²) >= 11 is 0.688. The van der Waals surface area contributed by atoms with E-state index in [-0.39, 0.29) is 0 Å². The summed E-state index contributed by atoms with van der Waals surface area (Å²) in [6.45, 7) is 0. The maximum atomic E-state index is 2.54. The Labute approximate surface area is 244 Å². The van der Waals surface area contributed by atoms with Crippen molar-refractivity contribution in [2.75, 3.05) is 0 Å². The Bertz CT molecular complexity index is 1100. The molecule has 0 unspecified atom stereocenters. The number of benzene rings is 4. The Morgan fingerprint density at radius 1 is 0.359 bits per heavy atom. The van der Waals surface area contributed by atoms with Crippen LogP contribution in [0, 0.1) is 0 Å². The van der Waals surface area contributed by atoms with E-state index in [0.29, 0.717) is 17.0 Å². The van der Waals surface area contributed by atoms with Crippen LogP contribution in [-0.4, -0.2) is 11.3 Å². The molecule has 0 heterocycles. The van der Waals surface area contributed by atoms with Gasteiger partial charge in [-0.3, -0.25) is 0 Å². The molecule has 2 aliphatic carbocycles. The van der Waals surface area contributed by atoms with E-state index in [1.54, 1.807) is 21.2 Å². The van der Waals surface area contributed by atoms with Gasteiger partial charge in [0.15, 0.2) is 0 Å². The summed E-state index contributed by atoms with van der Waals surface area (Å²) in [5.74, 6) is 0. The van der Waals surface area contributed by atoms with Crippen LogP contribution >= 0.6 is 10.9 Å². The molecular formula is C36H44P2Pd. The van der Waals surface area contributed by atoms with E-state index < -0.39 is 10.9 Å². The third-order valence-electron chi connectivity index (χ3n) is 9.24. The summed E-state index contributed by atoms with van der Waals surface area (Å²) in [4.78, 5) is 0. The zero-order valence-corrected chi connectivity index (χ0v) is 26.6. The Morgan fingerprint density at radius 2 is 0.615 bits per heavy atom. The SMILES string of the molecule is c1ccc([PH]([Pd][PH](c2ccccc2)(c2ccccc2)C2CCCCC2)(c2ccccc2)C2CCCCC2)cc1. The third-order valence-corrected chi connectivity index (χ3v) is 39.3. The number of hydrogen-bond acceptors (Lipinski definition) is 0. The second-order valence-electron chi connectivity index (χ2n) is 11.5. The normalized spacial score (nSPS) is 18.6. The average molecular weight is 645 g/mol. The first-order valence-electron chi connectivity index (χ1n) is 15.2. The van der Waals surface area contributed by atoms with Crippen molar-refractivity contribution in [1.82, 2.24) is 0 Å². The molecule has 0 amide bonds. The fourth-order valence-electron chi connectivity index (χ4n) is 7.43. The molecule has 0 radical (unpaired) electrons. The Balaban J connectivity index is 1.66. The van der Waals surface area contributed by atoms with E-state index in [1.165, 1.54) is 64.2 Å². The van der Waals surface area contributed by atoms with E-state index in [1.807, 2.05) is 0 Å². The zero-order valence-electron chi connectivity index (χ0n) is 23.1. The van der Waals surface area contributed by atoms with Gasteiger partial charge in [0, 0.05) is 0 Å². The van der Waals surface area contributed by atoms with Crippen molar-refractivity contribution < 1.29 is 17.0 Å². The molecule has 0 atom stereocenters. The van der Waals surface area contributed by atoms with Crippen molar-refractivity contribution in [1.29, 1.82) is 0 Å². The van der Waals surface area contributed by atoms with Crippen LogP contribution in [0.1, 0.15) is 64.2 Å². The predicted octanol–water partition coefficient (Wildman–Crippen LogP) is 8.37. The minimum atomic E-state index is -2.12. The molecule has 0 N–H and O–H groups in total. The molecule has 0 aromatic heterocycles. The summed E-state index contributed by atoms with van der Waals surface area (Å²) in [6.07, 6.45) is 14.1. The number of rotatable bonds is 8. The van der Waals surface area contributed by atoms with Crippen LogP contribution in [0.25, 0.3) is 0 Å². The van der Waals surface area contributed by atoms with Gasteiger partial charge in [0.25, 0.3) is 0 Å². The van der Waals surface area contributed by atoms with Gasteiger partial charge in [-0.05, 0) is 0 Å². The van der Waals surface area contributed by atoms with Crippen LogP contribution in [0.3, 0.4) is 0 Å². The van der Waals surface area contributed by atoms with Gasteiger partial charge in [-0.15, -0.1) is 0 Å². The quantitative estimate of drug-likeness (QED) is 0.134. The number of hydrogen-bond donors (Lipinski definition) is 0. The summed E-state index contributed by atoms with van der Waals surface area (Å²) in [5.41, 5.74) is -2.59. The standard InChI is InChI=1S/2C18H21P.Pd/c2*1-4-10-16(11-5-1)19(17-12-6-2-7-13-17)18-14-8-3-9-15-18;/h2*1-2,4-7,10-13,18H,3,8-9,14-15H2;/q;;-2/p+2. The molecule has 0 bridgehead atoms. The topological polar surface area (TPSA) is 0 Å². The molecule has 2 saturated carbocycles. The van der Waals surface area contributed by atoms with Gasteiger partial charge in [0.1, 0.15) is 0 Å². The van der Waals surface area contributed by atoms with E-state index in [9.17, 15) is 0 Å². The molecule has 0 saturated heterocycles. The first kappa shape index (κ1) is 27.6. The van der Waals surface area contributed by atoms with Crippen LogP contribution in [0.15, 0.2) is 121 Å². The van der Waals surface area contributed by atoms with Crippen molar-refractivity contribution >= 4 is 32.1 Å². The zero-order chi connectivity index (χ0) is 26.4. The van der Waals surface area contributed by atoms with Crippen molar-refractivity contribution in [2.24, 2.45) is 0 Å². The van der Waals surface area contributed by atoms with Crippen molar-refractivity contribution in [3.05, 3.63) is 121 Å². The molecule has 2 aliphatic rings. The third kappa shape index (κ3) is 5.51. The molecule has 208 valence electrons. The van der Waals surface area contributed by atoms with Crippen LogP contribution in [0.2, 0.25) is 0 Å². The second kappa shape index (κ2) is 12.9. The first-order chi connectivity index (χ1) is 19.3. The molecule has 39 heavy (non-hydrogen) atoms. The second-order valence-corrected chi connectivity index (χ2v) is 29.6.